The molecule has 26 heavy (non-hydrogen) atoms. The van der Waals surface area contributed by atoms with Crippen molar-refractivity contribution in [1.82, 2.24) is 5.32 Å². The number of rotatable bonds is 7. The first-order valence-corrected chi connectivity index (χ1v) is 11.6. The first kappa shape index (κ1) is 24.0. The number of hydrogen-bond donors (Lipinski definition) is 1. The van der Waals surface area contributed by atoms with Crippen LogP contribution >= 0.6 is 0 Å². The summed E-state index contributed by atoms with van der Waals surface area (Å²) in [6.07, 6.45) is 6.58. The van der Waals surface area contributed by atoms with Crippen LogP contribution < -0.4 is 5.32 Å². The van der Waals surface area contributed by atoms with Gasteiger partial charge in [-0.15, -0.1) is 0 Å². The summed E-state index contributed by atoms with van der Waals surface area (Å²) in [6, 6.07) is 1.24. The predicted octanol–water partition coefficient (Wildman–Crippen LogP) is 7.55. The molecule has 1 rings (SSSR count). The van der Waals surface area contributed by atoms with Crippen molar-refractivity contribution in [2.45, 2.75) is 120 Å². The minimum absolute atomic E-state index is 0.383. The maximum Gasteiger partial charge on any atom is 0.00439 e. The standard InChI is InChI=1S/C25H51N/c1-12-13-21(6)26-22(7)15-20(5)25(11)19(4)14-17(2)23(8)18(3)16-24(25,9)10/h17-23,26H,12-16H2,1-11H3. The second-order valence-electron chi connectivity index (χ2n) is 11.2. The third-order valence-electron chi connectivity index (χ3n) is 8.86. The van der Waals surface area contributed by atoms with E-state index >= 15 is 0 Å². The first-order valence-electron chi connectivity index (χ1n) is 11.6. The third kappa shape index (κ3) is 5.27. The van der Waals surface area contributed by atoms with Crippen molar-refractivity contribution < 1.29 is 0 Å². The zero-order chi connectivity index (χ0) is 20.3. The van der Waals surface area contributed by atoms with Gasteiger partial charge in [0.05, 0.1) is 0 Å². The van der Waals surface area contributed by atoms with E-state index in [9.17, 15) is 0 Å². The van der Waals surface area contributed by atoms with Crippen molar-refractivity contribution >= 4 is 0 Å². The normalized spacial score (nSPS) is 38.9. The molecular weight excluding hydrogens is 314 g/mol. The summed E-state index contributed by atoms with van der Waals surface area (Å²) in [5.74, 6) is 4.00. The Morgan fingerprint density at radius 1 is 0.923 bits per heavy atom. The van der Waals surface area contributed by atoms with Crippen LogP contribution in [-0.2, 0) is 0 Å². The van der Waals surface area contributed by atoms with Gasteiger partial charge in [-0.25, -0.2) is 0 Å². The van der Waals surface area contributed by atoms with Crippen molar-refractivity contribution in [2.75, 3.05) is 0 Å². The molecule has 0 aromatic carbocycles. The van der Waals surface area contributed by atoms with E-state index in [2.05, 4.69) is 81.5 Å². The smallest absolute Gasteiger partial charge is 0.00439 e. The van der Waals surface area contributed by atoms with Gasteiger partial charge in [-0.05, 0) is 80.0 Å². The fourth-order valence-corrected chi connectivity index (χ4v) is 6.45. The van der Waals surface area contributed by atoms with Crippen molar-refractivity contribution in [3.63, 3.8) is 0 Å². The van der Waals surface area contributed by atoms with Crippen LogP contribution in [0.25, 0.3) is 0 Å². The summed E-state index contributed by atoms with van der Waals surface area (Å²) < 4.78 is 0. The van der Waals surface area contributed by atoms with Crippen LogP contribution in [0.1, 0.15) is 108 Å². The second-order valence-corrected chi connectivity index (χ2v) is 11.2. The van der Waals surface area contributed by atoms with Crippen LogP contribution in [0, 0.1) is 40.4 Å². The molecule has 0 spiro atoms. The van der Waals surface area contributed by atoms with E-state index in [1.54, 1.807) is 0 Å². The zero-order valence-corrected chi connectivity index (χ0v) is 20.1. The summed E-state index contributed by atoms with van der Waals surface area (Å²) in [7, 11) is 0. The van der Waals surface area contributed by atoms with E-state index in [0.29, 0.717) is 22.9 Å². The fraction of sp³-hybridized carbons (Fsp3) is 1.00. The molecule has 0 aliphatic heterocycles. The molecule has 8 unspecified atom stereocenters. The Morgan fingerprint density at radius 2 is 1.50 bits per heavy atom. The summed E-state index contributed by atoms with van der Waals surface area (Å²) in [5.41, 5.74) is 0.772. The first-order chi connectivity index (χ1) is 11.9. The topological polar surface area (TPSA) is 12.0 Å². The quantitative estimate of drug-likeness (QED) is 0.491. The summed E-state index contributed by atoms with van der Waals surface area (Å²) >= 11 is 0. The van der Waals surface area contributed by atoms with Gasteiger partial charge in [-0.1, -0.05) is 68.7 Å². The van der Waals surface area contributed by atoms with Crippen LogP contribution in [0.3, 0.4) is 0 Å². The summed E-state index contributed by atoms with van der Waals surface area (Å²) in [5, 5.41) is 3.86. The Hall–Kier alpha value is -0.0400. The number of nitrogens with one attached hydrogen (secondary N) is 1. The Bertz CT molecular complexity index is 414. The highest BCUT2D eigenvalue weighted by atomic mass is 14.9. The van der Waals surface area contributed by atoms with Crippen molar-refractivity contribution in [3.05, 3.63) is 0 Å². The maximum atomic E-state index is 3.86. The molecule has 1 aliphatic carbocycles. The molecule has 1 fully saturated rings. The average molecular weight is 366 g/mol. The van der Waals surface area contributed by atoms with Gasteiger partial charge >= 0.3 is 0 Å². The molecule has 0 bridgehead atoms. The maximum absolute atomic E-state index is 3.86. The van der Waals surface area contributed by atoms with Gasteiger partial charge in [0.25, 0.3) is 0 Å². The minimum Gasteiger partial charge on any atom is -0.312 e. The van der Waals surface area contributed by atoms with Crippen LogP contribution in [0.4, 0.5) is 0 Å². The third-order valence-corrected chi connectivity index (χ3v) is 8.86. The lowest BCUT2D eigenvalue weighted by Gasteiger charge is -2.57. The Kier molecular flexibility index (Phi) is 8.71. The Labute approximate surface area is 166 Å². The highest BCUT2D eigenvalue weighted by Crippen LogP contribution is 2.58. The highest BCUT2D eigenvalue weighted by molar-refractivity contribution is 5.00. The SMILES string of the molecule is CCCC(C)NC(C)CC(C)C1(C)C(C)CC(C)C(C)C(C)CC1(C)C. The minimum atomic E-state index is 0.383. The van der Waals surface area contributed by atoms with Gasteiger partial charge in [0.1, 0.15) is 0 Å². The van der Waals surface area contributed by atoms with E-state index in [-0.39, 0.29) is 0 Å². The van der Waals surface area contributed by atoms with Crippen molar-refractivity contribution in [1.29, 1.82) is 0 Å². The molecule has 156 valence electrons. The second kappa shape index (κ2) is 9.44. The molecule has 8 atom stereocenters. The van der Waals surface area contributed by atoms with Gasteiger partial charge in [-0.2, -0.15) is 0 Å². The lowest BCUT2D eigenvalue weighted by Crippen LogP contribution is -2.50. The molecule has 1 aliphatic rings. The average Bonchev–Trinajstić information content (AvgIpc) is 2.51. The number of hydrogen-bond acceptors (Lipinski definition) is 1. The summed E-state index contributed by atoms with van der Waals surface area (Å²) in [6.45, 7) is 27.4. The lowest BCUT2D eigenvalue weighted by atomic mass is 9.48. The monoisotopic (exact) mass is 365 g/mol. The zero-order valence-electron chi connectivity index (χ0n) is 20.1. The molecule has 0 heterocycles. The molecule has 1 saturated carbocycles. The largest absolute Gasteiger partial charge is 0.312 e. The van der Waals surface area contributed by atoms with E-state index in [1.165, 1.54) is 32.1 Å². The van der Waals surface area contributed by atoms with Crippen molar-refractivity contribution in [3.8, 4) is 0 Å². The fourth-order valence-electron chi connectivity index (χ4n) is 6.45. The van der Waals surface area contributed by atoms with Crippen LogP contribution in [0.5, 0.6) is 0 Å². The molecule has 0 radical (unpaired) electrons. The van der Waals surface area contributed by atoms with E-state index in [0.717, 1.165) is 29.6 Å². The van der Waals surface area contributed by atoms with Gasteiger partial charge < -0.3 is 5.32 Å². The van der Waals surface area contributed by atoms with Crippen LogP contribution in [0.2, 0.25) is 0 Å². The lowest BCUT2D eigenvalue weighted by molar-refractivity contribution is -0.0752. The van der Waals surface area contributed by atoms with E-state index < -0.39 is 0 Å². The molecule has 0 aromatic heterocycles. The molecule has 1 N–H and O–H groups in total. The Balaban J connectivity index is 2.99. The van der Waals surface area contributed by atoms with E-state index in [1.807, 2.05) is 0 Å². The summed E-state index contributed by atoms with van der Waals surface area (Å²) in [4.78, 5) is 0. The predicted molar refractivity (Wildman–Crippen MR) is 119 cm³/mol. The van der Waals surface area contributed by atoms with Gasteiger partial charge in [0, 0.05) is 12.1 Å². The Morgan fingerprint density at radius 3 is 2.04 bits per heavy atom. The molecular formula is C25H51N. The molecule has 1 heteroatoms. The van der Waals surface area contributed by atoms with Crippen molar-refractivity contribution in [2.24, 2.45) is 40.4 Å². The van der Waals surface area contributed by atoms with Crippen LogP contribution in [0.15, 0.2) is 0 Å². The van der Waals surface area contributed by atoms with E-state index in [4.69, 9.17) is 0 Å². The molecule has 0 amide bonds. The molecule has 0 saturated heterocycles. The molecule has 0 aromatic rings. The molecule has 1 nitrogen and oxygen atoms in total. The van der Waals surface area contributed by atoms with Crippen LogP contribution in [-0.4, -0.2) is 12.1 Å². The highest BCUT2D eigenvalue weighted by Gasteiger charge is 2.51. The van der Waals surface area contributed by atoms with Gasteiger partial charge in [0.2, 0.25) is 0 Å². The van der Waals surface area contributed by atoms with Gasteiger partial charge in [0.15, 0.2) is 0 Å². The van der Waals surface area contributed by atoms with Gasteiger partial charge in [-0.3, -0.25) is 0 Å².